The molecule has 2 nitrogen and oxygen atoms in total. The van der Waals surface area contributed by atoms with Crippen LogP contribution >= 0.6 is 12.4 Å². The van der Waals surface area contributed by atoms with E-state index >= 15 is 0 Å². The lowest BCUT2D eigenvalue weighted by Crippen LogP contribution is -2.27. The van der Waals surface area contributed by atoms with Crippen LogP contribution in [0.4, 0.5) is 0 Å². The minimum Gasteiger partial charge on any atom is -0.322 e. The molecule has 2 N–H and O–H groups in total. The number of hydrogen-bond acceptors (Lipinski definition) is 2. The molecule has 0 amide bonds. The smallest absolute Gasteiger partial charge is 0.0706 e. The average molecular weight is 249 g/mol. The summed E-state index contributed by atoms with van der Waals surface area (Å²) in [5, 5.41) is 1.19. The molecule has 1 saturated carbocycles. The van der Waals surface area contributed by atoms with Crippen LogP contribution in [0.1, 0.15) is 31.0 Å². The summed E-state index contributed by atoms with van der Waals surface area (Å²) in [6.07, 6.45) is 3.84. The molecular weight excluding hydrogens is 232 g/mol. The summed E-state index contributed by atoms with van der Waals surface area (Å²) in [6, 6.07) is 12.5. The van der Waals surface area contributed by atoms with Gasteiger partial charge in [0.05, 0.1) is 11.2 Å². The Morgan fingerprint density at radius 2 is 1.88 bits per heavy atom. The van der Waals surface area contributed by atoms with Crippen molar-refractivity contribution >= 4 is 23.3 Å². The molecule has 1 aromatic carbocycles. The van der Waals surface area contributed by atoms with E-state index in [2.05, 4.69) is 23.2 Å². The van der Waals surface area contributed by atoms with Crippen molar-refractivity contribution < 1.29 is 0 Å². The minimum atomic E-state index is 0. The number of rotatable bonds is 2. The predicted molar refractivity (Wildman–Crippen MR) is 73.3 cm³/mol. The predicted octanol–water partition coefficient (Wildman–Crippen LogP) is 3.46. The second-order valence-corrected chi connectivity index (χ2v) is 4.65. The summed E-state index contributed by atoms with van der Waals surface area (Å²) >= 11 is 0. The van der Waals surface area contributed by atoms with Crippen LogP contribution in [-0.2, 0) is 0 Å². The topological polar surface area (TPSA) is 38.9 Å². The van der Waals surface area contributed by atoms with E-state index in [1.807, 2.05) is 18.2 Å². The van der Waals surface area contributed by atoms with Crippen LogP contribution in [0, 0.1) is 5.92 Å². The fourth-order valence-electron chi connectivity index (χ4n) is 2.31. The maximum atomic E-state index is 6.23. The van der Waals surface area contributed by atoms with Crippen molar-refractivity contribution in [2.75, 3.05) is 0 Å². The summed E-state index contributed by atoms with van der Waals surface area (Å²) in [5.41, 5.74) is 8.32. The number of nitrogens with two attached hydrogens (primary N) is 1. The van der Waals surface area contributed by atoms with E-state index in [4.69, 9.17) is 5.73 Å². The Morgan fingerprint density at radius 3 is 2.59 bits per heavy atom. The fraction of sp³-hybridized carbons (Fsp3) is 0.357. The van der Waals surface area contributed by atoms with Crippen LogP contribution in [0.2, 0.25) is 0 Å². The number of hydrogen-bond donors (Lipinski definition) is 1. The molecule has 90 valence electrons. The van der Waals surface area contributed by atoms with Crippen molar-refractivity contribution in [1.82, 2.24) is 4.98 Å². The number of aromatic nitrogens is 1. The van der Waals surface area contributed by atoms with Crippen molar-refractivity contribution in [3.8, 4) is 0 Å². The molecule has 1 aliphatic rings. The normalized spacial score (nSPS) is 17.2. The van der Waals surface area contributed by atoms with Gasteiger partial charge in [0.2, 0.25) is 0 Å². The van der Waals surface area contributed by atoms with Crippen molar-refractivity contribution in [2.24, 2.45) is 11.7 Å². The molecular formula is C14H17ClN2. The third kappa shape index (κ3) is 2.28. The molecule has 1 aromatic heterocycles. The number of benzene rings is 1. The van der Waals surface area contributed by atoms with Gasteiger partial charge in [-0.15, -0.1) is 12.4 Å². The van der Waals surface area contributed by atoms with E-state index in [0.717, 1.165) is 11.2 Å². The monoisotopic (exact) mass is 248 g/mol. The van der Waals surface area contributed by atoms with Gasteiger partial charge in [0, 0.05) is 11.4 Å². The van der Waals surface area contributed by atoms with Gasteiger partial charge in [-0.3, -0.25) is 4.98 Å². The van der Waals surface area contributed by atoms with E-state index < -0.39 is 0 Å². The Bertz CT molecular complexity index is 508. The first-order valence-electron chi connectivity index (χ1n) is 5.96. The zero-order valence-corrected chi connectivity index (χ0v) is 10.5. The SMILES string of the molecule is Cl.N[C@H](c1ccc2ccccc2n1)C1CCC1. The Morgan fingerprint density at radius 1 is 1.12 bits per heavy atom. The van der Waals surface area contributed by atoms with E-state index in [0.29, 0.717) is 5.92 Å². The van der Waals surface area contributed by atoms with Crippen molar-refractivity contribution in [1.29, 1.82) is 0 Å². The van der Waals surface area contributed by atoms with Crippen molar-refractivity contribution in [2.45, 2.75) is 25.3 Å². The molecule has 0 saturated heterocycles. The first kappa shape index (κ1) is 12.3. The lowest BCUT2D eigenvalue weighted by molar-refractivity contribution is 0.261. The van der Waals surface area contributed by atoms with Crippen molar-refractivity contribution in [3.63, 3.8) is 0 Å². The van der Waals surface area contributed by atoms with Gasteiger partial charge in [0.1, 0.15) is 0 Å². The average Bonchev–Trinajstić information content (AvgIpc) is 2.26. The van der Waals surface area contributed by atoms with Gasteiger partial charge in [-0.2, -0.15) is 0 Å². The van der Waals surface area contributed by atoms with Gasteiger partial charge in [-0.25, -0.2) is 0 Å². The number of halogens is 1. The first-order chi connectivity index (χ1) is 7.84. The molecule has 0 radical (unpaired) electrons. The summed E-state index contributed by atoms with van der Waals surface area (Å²) in [7, 11) is 0. The Labute approximate surface area is 108 Å². The summed E-state index contributed by atoms with van der Waals surface area (Å²) in [4.78, 5) is 4.65. The molecule has 0 spiro atoms. The maximum Gasteiger partial charge on any atom is 0.0706 e. The molecule has 1 fully saturated rings. The first-order valence-corrected chi connectivity index (χ1v) is 5.96. The van der Waals surface area contributed by atoms with Gasteiger partial charge in [-0.1, -0.05) is 30.7 Å². The van der Waals surface area contributed by atoms with Crippen LogP contribution in [0.5, 0.6) is 0 Å². The molecule has 3 rings (SSSR count). The maximum absolute atomic E-state index is 6.23. The largest absolute Gasteiger partial charge is 0.322 e. The molecule has 0 aliphatic heterocycles. The Hall–Kier alpha value is -1.12. The highest BCUT2D eigenvalue weighted by atomic mass is 35.5. The Kier molecular flexibility index (Phi) is 3.65. The quantitative estimate of drug-likeness (QED) is 0.884. The lowest BCUT2D eigenvalue weighted by Gasteiger charge is -2.30. The molecule has 3 heteroatoms. The van der Waals surface area contributed by atoms with E-state index in [9.17, 15) is 0 Å². The van der Waals surface area contributed by atoms with E-state index in [1.54, 1.807) is 0 Å². The van der Waals surface area contributed by atoms with Crippen LogP contribution in [0.25, 0.3) is 10.9 Å². The summed E-state index contributed by atoms with van der Waals surface area (Å²) < 4.78 is 0. The summed E-state index contributed by atoms with van der Waals surface area (Å²) in [6.45, 7) is 0. The minimum absolute atomic E-state index is 0. The number of para-hydroxylation sites is 1. The lowest BCUT2D eigenvalue weighted by atomic mass is 9.79. The number of fused-ring (bicyclic) bond motifs is 1. The molecule has 1 atom stereocenters. The van der Waals surface area contributed by atoms with Crippen LogP contribution in [0.15, 0.2) is 36.4 Å². The zero-order chi connectivity index (χ0) is 11.0. The van der Waals surface area contributed by atoms with Gasteiger partial charge in [0.15, 0.2) is 0 Å². The van der Waals surface area contributed by atoms with Crippen LogP contribution in [-0.4, -0.2) is 4.98 Å². The van der Waals surface area contributed by atoms with E-state index in [-0.39, 0.29) is 18.4 Å². The number of nitrogens with zero attached hydrogens (tertiary/aromatic N) is 1. The van der Waals surface area contributed by atoms with Crippen LogP contribution in [0.3, 0.4) is 0 Å². The van der Waals surface area contributed by atoms with Gasteiger partial charge in [-0.05, 0) is 30.9 Å². The van der Waals surface area contributed by atoms with E-state index in [1.165, 1.54) is 24.6 Å². The highest BCUT2D eigenvalue weighted by molar-refractivity contribution is 5.85. The molecule has 2 aromatic rings. The highest BCUT2D eigenvalue weighted by Crippen LogP contribution is 2.35. The second-order valence-electron chi connectivity index (χ2n) is 4.65. The van der Waals surface area contributed by atoms with Gasteiger partial charge >= 0.3 is 0 Å². The highest BCUT2D eigenvalue weighted by Gasteiger charge is 2.26. The molecule has 1 aliphatic carbocycles. The second kappa shape index (κ2) is 5.03. The fourth-order valence-corrected chi connectivity index (χ4v) is 2.31. The zero-order valence-electron chi connectivity index (χ0n) is 9.67. The number of pyridine rings is 1. The Balaban J connectivity index is 0.00000108. The standard InChI is InChI=1S/C14H16N2.ClH/c15-14(11-5-3-6-11)13-9-8-10-4-1-2-7-12(10)16-13;/h1-2,4,7-9,11,14H,3,5-6,15H2;1H/t14-;/m0./s1. The van der Waals surface area contributed by atoms with Gasteiger partial charge in [0.25, 0.3) is 0 Å². The third-order valence-electron chi connectivity index (χ3n) is 3.62. The van der Waals surface area contributed by atoms with Crippen LogP contribution < -0.4 is 5.73 Å². The molecule has 0 unspecified atom stereocenters. The molecule has 1 heterocycles. The van der Waals surface area contributed by atoms with Gasteiger partial charge < -0.3 is 5.73 Å². The van der Waals surface area contributed by atoms with Crippen molar-refractivity contribution in [3.05, 3.63) is 42.1 Å². The molecule has 0 bridgehead atoms. The summed E-state index contributed by atoms with van der Waals surface area (Å²) in [5.74, 6) is 0.647. The molecule has 17 heavy (non-hydrogen) atoms. The third-order valence-corrected chi connectivity index (χ3v) is 3.62.